The van der Waals surface area contributed by atoms with E-state index in [9.17, 15) is 14.4 Å². The minimum atomic E-state index is -0.785. The Hall–Kier alpha value is -3.14. The molecule has 0 bridgehead atoms. The van der Waals surface area contributed by atoms with Crippen molar-refractivity contribution in [1.29, 1.82) is 0 Å². The van der Waals surface area contributed by atoms with Crippen molar-refractivity contribution in [3.8, 4) is 5.75 Å². The highest BCUT2D eigenvalue weighted by molar-refractivity contribution is 7.13. The summed E-state index contributed by atoms with van der Waals surface area (Å²) in [7, 11) is 0. The van der Waals surface area contributed by atoms with Gasteiger partial charge in [-0.15, -0.1) is 11.3 Å². The van der Waals surface area contributed by atoms with Crippen LogP contribution in [0.15, 0.2) is 29.6 Å². The van der Waals surface area contributed by atoms with Crippen LogP contribution in [0.2, 0.25) is 0 Å². The molecule has 0 saturated heterocycles. The maximum atomic E-state index is 12.4. The molecule has 1 heterocycles. The van der Waals surface area contributed by atoms with Gasteiger partial charge in [0.05, 0.1) is 11.7 Å². The Bertz CT molecular complexity index is 973. The van der Waals surface area contributed by atoms with E-state index in [4.69, 9.17) is 14.2 Å². The van der Waals surface area contributed by atoms with E-state index in [0.717, 1.165) is 5.56 Å². The number of carbonyl (C=O) groups is 3. The van der Waals surface area contributed by atoms with E-state index in [2.05, 4.69) is 15.6 Å². The van der Waals surface area contributed by atoms with E-state index < -0.39 is 29.5 Å². The van der Waals surface area contributed by atoms with Gasteiger partial charge in [0, 0.05) is 12.3 Å². The fraction of sp³-hybridized carbons (Fsp3) is 0.478. The number of amides is 2. The zero-order chi connectivity index (χ0) is 24.8. The van der Waals surface area contributed by atoms with E-state index in [1.54, 1.807) is 71.2 Å². The van der Waals surface area contributed by atoms with Crippen LogP contribution in [-0.2, 0) is 20.7 Å². The number of alkyl carbamates (subject to hydrolysis) is 1. The second kappa shape index (κ2) is 10.7. The molecular formula is C23H31N3O6S. The molecule has 1 unspecified atom stereocenters. The quantitative estimate of drug-likeness (QED) is 0.433. The number of anilines is 1. The number of hydrogen-bond acceptors (Lipinski definition) is 8. The number of nitrogens with zero attached hydrogens (tertiary/aromatic N) is 1. The highest BCUT2D eigenvalue weighted by Crippen LogP contribution is 2.25. The molecule has 0 aliphatic carbocycles. The van der Waals surface area contributed by atoms with Gasteiger partial charge in [-0.05, 0) is 65.7 Å². The molecule has 0 spiro atoms. The predicted molar refractivity (Wildman–Crippen MR) is 126 cm³/mol. The Kier molecular flexibility index (Phi) is 8.43. The number of hydrogen-bond donors (Lipinski definition) is 2. The van der Waals surface area contributed by atoms with Gasteiger partial charge >= 0.3 is 12.2 Å². The molecule has 1 aromatic carbocycles. The number of benzene rings is 1. The largest absolute Gasteiger partial charge is 0.514 e. The predicted octanol–water partition coefficient (Wildman–Crippen LogP) is 5.22. The summed E-state index contributed by atoms with van der Waals surface area (Å²) in [4.78, 5) is 40.0. The Morgan fingerprint density at radius 2 is 1.61 bits per heavy atom. The first-order valence-electron chi connectivity index (χ1n) is 10.4. The first kappa shape index (κ1) is 26.1. The van der Waals surface area contributed by atoms with Crippen LogP contribution in [0.3, 0.4) is 0 Å². The Morgan fingerprint density at radius 1 is 1.00 bits per heavy atom. The Balaban J connectivity index is 2.14. The van der Waals surface area contributed by atoms with E-state index in [1.807, 2.05) is 0 Å². The van der Waals surface area contributed by atoms with E-state index in [0.29, 0.717) is 23.0 Å². The first-order chi connectivity index (χ1) is 15.2. The second-order valence-corrected chi connectivity index (χ2v) is 10.2. The summed E-state index contributed by atoms with van der Waals surface area (Å²) in [5.41, 5.74) is 0.144. The van der Waals surface area contributed by atoms with Crippen molar-refractivity contribution in [1.82, 2.24) is 10.3 Å². The molecule has 2 aromatic rings. The summed E-state index contributed by atoms with van der Waals surface area (Å²) in [6.07, 6.45) is -0.964. The zero-order valence-electron chi connectivity index (χ0n) is 20.0. The van der Waals surface area contributed by atoms with E-state index in [-0.39, 0.29) is 5.91 Å². The van der Waals surface area contributed by atoms with Gasteiger partial charge in [-0.25, -0.2) is 14.6 Å². The monoisotopic (exact) mass is 477 g/mol. The number of thiazole rings is 1. The molecule has 0 fully saturated rings. The molecule has 2 rings (SSSR count). The van der Waals surface area contributed by atoms with Gasteiger partial charge in [0.25, 0.3) is 0 Å². The normalized spacial score (nSPS) is 12.5. The van der Waals surface area contributed by atoms with Gasteiger partial charge in [0.1, 0.15) is 17.0 Å². The van der Waals surface area contributed by atoms with Gasteiger partial charge in [-0.3, -0.25) is 4.79 Å². The number of nitrogens with one attached hydrogen (secondary N) is 2. The molecule has 10 heteroatoms. The topological polar surface area (TPSA) is 116 Å². The summed E-state index contributed by atoms with van der Waals surface area (Å²) in [6.45, 7) is 12.0. The van der Waals surface area contributed by atoms with Crippen LogP contribution in [-0.4, -0.2) is 34.3 Å². The smallest absolute Gasteiger partial charge is 0.444 e. The molecule has 33 heavy (non-hydrogen) atoms. The molecule has 1 aromatic heterocycles. The van der Waals surface area contributed by atoms with Crippen LogP contribution in [0, 0.1) is 0 Å². The minimum Gasteiger partial charge on any atom is -0.444 e. The van der Waals surface area contributed by atoms with Crippen molar-refractivity contribution >= 4 is 34.6 Å². The third kappa shape index (κ3) is 9.90. The standard InChI is InChI=1S/C23H31N3O6S/c1-14(27)24-19-25-18(13-33-19)17(26-20(28)31-22(2,3)4)12-15-8-10-16(11-9-15)30-21(29)32-23(5,6)7/h8-11,13,17H,12H2,1-7H3,(H,26,28)(H,24,25,27). The molecule has 0 radical (unpaired) electrons. The highest BCUT2D eigenvalue weighted by atomic mass is 32.1. The van der Waals surface area contributed by atoms with Crippen molar-refractivity contribution in [2.45, 2.75) is 72.1 Å². The van der Waals surface area contributed by atoms with Crippen LogP contribution < -0.4 is 15.4 Å². The SMILES string of the molecule is CC(=O)Nc1nc(C(Cc2ccc(OC(=O)OC(C)(C)C)cc2)NC(=O)OC(C)(C)C)cs1. The molecule has 9 nitrogen and oxygen atoms in total. The molecule has 0 aliphatic rings. The molecular weight excluding hydrogens is 446 g/mol. The lowest BCUT2D eigenvalue weighted by Gasteiger charge is -2.23. The molecule has 0 saturated carbocycles. The van der Waals surface area contributed by atoms with Crippen LogP contribution >= 0.6 is 11.3 Å². The summed E-state index contributed by atoms with van der Waals surface area (Å²) >= 11 is 1.26. The van der Waals surface area contributed by atoms with Gasteiger partial charge in [-0.1, -0.05) is 12.1 Å². The van der Waals surface area contributed by atoms with Crippen molar-refractivity contribution in [2.24, 2.45) is 0 Å². The number of ether oxygens (including phenoxy) is 3. The Labute approximate surface area is 197 Å². The van der Waals surface area contributed by atoms with Crippen molar-refractivity contribution in [3.05, 3.63) is 40.9 Å². The molecule has 0 aliphatic heterocycles. The van der Waals surface area contributed by atoms with E-state index in [1.165, 1.54) is 18.3 Å². The minimum absolute atomic E-state index is 0.229. The lowest BCUT2D eigenvalue weighted by atomic mass is 10.0. The molecule has 180 valence electrons. The average molecular weight is 478 g/mol. The zero-order valence-corrected chi connectivity index (χ0v) is 20.8. The van der Waals surface area contributed by atoms with Gasteiger partial charge in [0.15, 0.2) is 5.13 Å². The number of carbonyl (C=O) groups excluding carboxylic acids is 3. The molecule has 1 atom stereocenters. The maximum Gasteiger partial charge on any atom is 0.514 e. The lowest BCUT2D eigenvalue weighted by Crippen LogP contribution is -2.36. The van der Waals surface area contributed by atoms with Crippen molar-refractivity contribution < 1.29 is 28.6 Å². The first-order valence-corrected chi connectivity index (χ1v) is 11.3. The van der Waals surface area contributed by atoms with Crippen molar-refractivity contribution in [2.75, 3.05) is 5.32 Å². The lowest BCUT2D eigenvalue weighted by molar-refractivity contribution is -0.114. The molecule has 2 amide bonds. The van der Waals surface area contributed by atoms with Crippen molar-refractivity contribution in [3.63, 3.8) is 0 Å². The third-order valence-electron chi connectivity index (χ3n) is 3.81. The summed E-state index contributed by atoms with van der Waals surface area (Å²) in [5.74, 6) is 0.111. The number of aromatic nitrogens is 1. The number of rotatable bonds is 6. The van der Waals surface area contributed by atoms with Crippen LogP contribution in [0.4, 0.5) is 14.7 Å². The van der Waals surface area contributed by atoms with Crippen LogP contribution in [0.1, 0.15) is 65.8 Å². The second-order valence-electron chi connectivity index (χ2n) is 9.37. The Morgan fingerprint density at radius 3 is 2.15 bits per heavy atom. The van der Waals surface area contributed by atoms with Crippen LogP contribution in [0.5, 0.6) is 5.75 Å². The summed E-state index contributed by atoms with van der Waals surface area (Å²) < 4.78 is 15.7. The van der Waals surface area contributed by atoms with E-state index >= 15 is 0 Å². The van der Waals surface area contributed by atoms with Gasteiger partial charge < -0.3 is 24.8 Å². The molecule has 2 N–H and O–H groups in total. The maximum absolute atomic E-state index is 12.4. The average Bonchev–Trinajstić information content (AvgIpc) is 3.07. The fourth-order valence-electron chi connectivity index (χ4n) is 2.63. The highest BCUT2D eigenvalue weighted by Gasteiger charge is 2.23. The third-order valence-corrected chi connectivity index (χ3v) is 4.58. The summed E-state index contributed by atoms with van der Waals surface area (Å²) in [6, 6.07) is 6.35. The fourth-order valence-corrected chi connectivity index (χ4v) is 3.44. The van der Waals surface area contributed by atoms with Gasteiger partial charge in [-0.2, -0.15) is 0 Å². The van der Waals surface area contributed by atoms with Gasteiger partial charge in [0.2, 0.25) is 5.91 Å². The van der Waals surface area contributed by atoms with Crippen LogP contribution in [0.25, 0.3) is 0 Å². The summed E-state index contributed by atoms with van der Waals surface area (Å²) in [5, 5.41) is 7.69.